The molecule has 0 atom stereocenters. The molecule has 0 unspecified atom stereocenters. The molecule has 0 aliphatic carbocycles. The van der Waals surface area contributed by atoms with Gasteiger partial charge in [0.05, 0.1) is 13.2 Å². The van der Waals surface area contributed by atoms with Gasteiger partial charge in [-0.1, -0.05) is 8.64 Å². The van der Waals surface area contributed by atoms with Crippen molar-refractivity contribution in [2.24, 2.45) is 0 Å². The van der Waals surface area contributed by atoms with E-state index in [1.54, 1.807) is 0 Å². The van der Waals surface area contributed by atoms with Crippen molar-refractivity contribution in [1.29, 1.82) is 0 Å². The number of hydrogen-bond donors (Lipinski definition) is 2. The topological polar surface area (TPSA) is 33.3 Å². The van der Waals surface area contributed by atoms with Crippen LogP contribution in [0.2, 0.25) is 0 Å². The third-order valence-electron chi connectivity index (χ3n) is 1.03. The molecule has 15 heavy (non-hydrogen) atoms. The van der Waals surface area contributed by atoms with Crippen molar-refractivity contribution < 1.29 is 63.9 Å². The van der Waals surface area contributed by atoms with E-state index in [9.17, 15) is 0 Å². The van der Waals surface area contributed by atoms with E-state index in [-0.39, 0.29) is 59.1 Å². The summed E-state index contributed by atoms with van der Waals surface area (Å²) in [5, 5.41) is 5.60. The van der Waals surface area contributed by atoms with Gasteiger partial charge in [0.15, 0.2) is 0 Å². The Bertz CT molecular complexity index is 167. The zero-order valence-corrected chi connectivity index (χ0v) is 16.1. The van der Waals surface area contributed by atoms with Crippen LogP contribution in [0.15, 0.2) is 0 Å². The van der Waals surface area contributed by atoms with Gasteiger partial charge in [0.1, 0.15) is 0 Å². The fraction of sp³-hybridized carbons (Fsp3) is 0.667. The Morgan fingerprint density at radius 2 is 1.27 bits per heavy atom. The van der Waals surface area contributed by atoms with Gasteiger partial charge in [-0.15, -0.1) is 0 Å². The van der Waals surface area contributed by atoms with Gasteiger partial charge >= 0.3 is 59.1 Å². The van der Waals surface area contributed by atoms with Crippen LogP contribution < -0.4 is 69.7 Å². The van der Waals surface area contributed by atoms with Crippen LogP contribution in [-0.4, -0.2) is 34.9 Å². The molecule has 0 aromatic rings. The predicted molar refractivity (Wildman–Crippen MR) is 66.8 cm³/mol. The standard InChI is InChI=1S/C6H12N2OS4.2Na/c10-5(11)7-1-3-9-4-2-8-6(12)13;;/h1-4H2,(H2,7,10,11)(H2,8,12,13);;/q;2*+1/p-2. The first-order chi connectivity index (χ1) is 6.13. The van der Waals surface area contributed by atoms with E-state index in [0.29, 0.717) is 34.9 Å². The Kier molecular flexibility index (Phi) is 24.1. The number of ether oxygens (including phenoxy) is 1. The van der Waals surface area contributed by atoms with Gasteiger partial charge < -0.3 is 65.1 Å². The Labute approximate surface area is 157 Å². The van der Waals surface area contributed by atoms with Crippen molar-refractivity contribution in [3.63, 3.8) is 0 Å². The van der Waals surface area contributed by atoms with Gasteiger partial charge in [-0.3, -0.25) is 0 Å². The smallest absolute Gasteiger partial charge is 0.412 e. The van der Waals surface area contributed by atoms with Crippen LogP contribution >= 0.6 is 24.4 Å². The van der Waals surface area contributed by atoms with Crippen molar-refractivity contribution in [1.82, 2.24) is 10.6 Å². The van der Waals surface area contributed by atoms with Gasteiger partial charge in [-0.05, 0) is 0 Å². The molecule has 0 bridgehead atoms. The number of nitrogens with one attached hydrogen (secondary N) is 2. The summed E-state index contributed by atoms with van der Waals surface area (Å²) in [6, 6.07) is 0. The monoisotopic (exact) mass is 300 g/mol. The SMILES string of the molecule is S=C([S-])NCCOCCNC(=S)[S-].[Na+].[Na+]. The fourth-order valence-corrected chi connectivity index (χ4v) is 0.961. The first-order valence-electron chi connectivity index (χ1n) is 3.60. The maximum atomic E-state index is 5.20. The van der Waals surface area contributed by atoms with Gasteiger partial charge in [0.25, 0.3) is 0 Å². The molecule has 0 fully saturated rings. The summed E-state index contributed by atoms with van der Waals surface area (Å²) in [6.45, 7) is 2.42. The van der Waals surface area contributed by atoms with E-state index in [0.717, 1.165) is 0 Å². The molecule has 0 spiro atoms. The number of rotatable bonds is 6. The Hall–Kier alpha value is 2.18. The van der Waals surface area contributed by atoms with Gasteiger partial charge in [-0.25, -0.2) is 0 Å². The van der Waals surface area contributed by atoms with Crippen LogP contribution in [0.25, 0.3) is 0 Å². The minimum atomic E-state index is 0. The van der Waals surface area contributed by atoms with E-state index >= 15 is 0 Å². The summed E-state index contributed by atoms with van der Waals surface area (Å²) >= 11 is 18.5. The quantitative estimate of drug-likeness (QED) is 0.219. The van der Waals surface area contributed by atoms with E-state index in [4.69, 9.17) is 4.74 Å². The first-order valence-corrected chi connectivity index (χ1v) is 5.23. The van der Waals surface area contributed by atoms with Crippen LogP contribution in [0.5, 0.6) is 0 Å². The largest absolute Gasteiger partial charge is 1.00 e. The van der Waals surface area contributed by atoms with Crippen LogP contribution in [0.3, 0.4) is 0 Å². The zero-order valence-electron chi connectivity index (χ0n) is 8.87. The maximum Gasteiger partial charge on any atom is 1.00 e. The van der Waals surface area contributed by atoms with Crippen LogP contribution in [0.4, 0.5) is 0 Å². The minimum absolute atomic E-state index is 0. The first kappa shape index (κ1) is 22.4. The molecule has 0 amide bonds. The summed E-state index contributed by atoms with van der Waals surface area (Å²) in [5.41, 5.74) is 0. The second-order valence-corrected chi connectivity index (χ2v) is 4.19. The van der Waals surface area contributed by atoms with Crippen molar-refractivity contribution >= 4 is 58.3 Å². The molecule has 76 valence electrons. The minimum Gasteiger partial charge on any atom is -0.412 e. The molecule has 0 rings (SSSR count). The van der Waals surface area contributed by atoms with Crippen molar-refractivity contribution in [3.8, 4) is 0 Å². The van der Waals surface area contributed by atoms with Crippen LogP contribution in [-0.2, 0) is 30.0 Å². The molecule has 0 heterocycles. The van der Waals surface area contributed by atoms with E-state index in [1.165, 1.54) is 0 Å². The summed E-state index contributed by atoms with van der Waals surface area (Å²) in [4.78, 5) is 0. The molecule has 0 saturated heterocycles. The summed E-state index contributed by atoms with van der Waals surface area (Å²) in [6.07, 6.45) is 0. The molecule has 0 aliphatic heterocycles. The average Bonchev–Trinajstić information content (AvgIpc) is 2.01. The van der Waals surface area contributed by atoms with E-state index in [1.807, 2.05) is 0 Å². The van der Waals surface area contributed by atoms with Crippen LogP contribution in [0.1, 0.15) is 0 Å². The maximum absolute atomic E-state index is 5.20. The van der Waals surface area contributed by atoms with Crippen molar-refractivity contribution in [2.45, 2.75) is 0 Å². The zero-order chi connectivity index (χ0) is 10.1. The summed E-state index contributed by atoms with van der Waals surface area (Å²) in [7, 11) is 0. The molecular formula is C6H10N2Na2OS4. The molecule has 9 heteroatoms. The Morgan fingerprint density at radius 1 is 0.933 bits per heavy atom. The molecule has 0 aromatic heterocycles. The average molecular weight is 300 g/mol. The normalized spacial score (nSPS) is 8.00. The molecule has 2 N–H and O–H groups in total. The molecule has 0 aliphatic rings. The van der Waals surface area contributed by atoms with Gasteiger partial charge in [-0.2, -0.15) is 0 Å². The van der Waals surface area contributed by atoms with Crippen LogP contribution in [0, 0.1) is 0 Å². The third-order valence-corrected chi connectivity index (χ3v) is 1.61. The molecule has 3 nitrogen and oxygen atoms in total. The Balaban J connectivity index is -0.000000720. The number of thiocarbonyl (C=S) groups is 2. The molecule has 0 saturated carbocycles. The fourth-order valence-electron chi connectivity index (χ4n) is 0.553. The summed E-state index contributed by atoms with van der Waals surface area (Å²) < 4.78 is 5.94. The van der Waals surface area contributed by atoms with E-state index in [2.05, 4.69) is 60.3 Å². The molecule has 0 radical (unpaired) electrons. The second kappa shape index (κ2) is 16.2. The number of hydrogen-bond acceptors (Lipinski definition) is 5. The Morgan fingerprint density at radius 3 is 1.53 bits per heavy atom. The van der Waals surface area contributed by atoms with E-state index < -0.39 is 0 Å². The summed E-state index contributed by atoms with van der Waals surface area (Å²) in [5.74, 6) is 0. The van der Waals surface area contributed by atoms with Gasteiger partial charge in [0.2, 0.25) is 0 Å². The van der Waals surface area contributed by atoms with Crippen molar-refractivity contribution in [2.75, 3.05) is 26.3 Å². The second-order valence-electron chi connectivity index (χ2n) is 2.04. The molecular weight excluding hydrogens is 290 g/mol. The predicted octanol–water partition coefficient (Wildman–Crippen LogP) is -6.15. The molecule has 0 aromatic carbocycles. The third kappa shape index (κ3) is 21.9. The van der Waals surface area contributed by atoms with Crippen molar-refractivity contribution in [3.05, 3.63) is 0 Å². The van der Waals surface area contributed by atoms with Gasteiger partial charge in [0, 0.05) is 13.1 Å².